The standard InChI is InChI=1S/C40H40O15S4/c1-34(2)48-19-13(31(41)42)20-24(53-35(3,4)49-20)16(23(19)52-34)40(47,17-25-21(50-36(5,6)54-25)14(32(43)44)22-26(17)55-37(7,8)51-22)18-29-27(56-38(9,10)58-29)15(33(45)46)28-30(18)59-39(11,12)57-28/h47H,1-12H3,(H,41,42)(H,43,44)(H,45,46). The van der Waals surface area contributed by atoms with Gasteiger partial charge in [-0.1, -0.05) is 0 Å². The number of aromatic carboxylic acids is 3. The van der Waals surface area contributed by atoms with Crippen LogP contribution in [-0.2, 0) is 5.60 Å². The van der Waals surface area contributed by atoms with Gasteiger partial charge in [0.1, 0.15) is 0 Å². The largest absolute Gasteiger partial charge is 0.478 e. The molecular weight excluding hydrogens is 849 g/mol. The third-order valence-corrected chi connectivity index (χ3v) is 15.5. The average Bonchev–Trinajstić information content (AvgIpc) is 3.85. The molecule has 3 aromatic carbocycles. The molecule has 0 saturated heterocycles. The van der Waals surface area contributed by atoms with E-state index < -0.39 is 65.9 Å². The lowest BCUT2D eigenvalue weighted by atomic mass is 9.76. The molecule has 0 fully saturated rings. The van der Waals surface area contributed by atoms with Crippen molar-refractivity contribution in [2.75, 3.05) is 0 Å². The molecule has 6 aliphatic heterocycles. The van der Waals surface area contributed by atoms with Gasteiger partial charge in [-0.25, -0.2) is 14.4 Å². The first-order chi connectivity index (χ1) is 27.0. The topological polar surface area (TPSA) is 206 Å². The molecule has 9 rings (SSSR count). The maximum absolute atomic E-state index is 14.9. The van der Waals surface area contributed by atoms with Crippen LogP contribution < -0.4 is 37.9 Å². The summed E-state index contributed by atoms with van der Waals surface area (Å²) in [6.07, 6.45) is 0. The summed E-state index contributed by atoms with van der Waals surface area (Å²) < 4.78 is 49.8. The molecule has 6 aliphatic rings. The Morgan fingerprint density at radius 2 is 0.627 bits per heavy atom. The minimum absolute atomic E-state index is 0.0588. The molecule has 0 aromatic heterocycles. The summed E-state index contributed by atoms with van der Waals surface area (Å²) in [5.74, 6) is -12.1. The van der Waals surface area contributed by atoms with E-state index in [1.165, 1.54) is 47.0 Å². The quantitative estimate of drug-likeness (QED) is 0.170. The Labute approximate surface area is 355 Å². The summed E-state index contributed by atoms with van der Waals surface area (Å²) in [5.41, 5.74) is -3.74. The molecule has 0 amide bonds. The predicted molar refractivity (Wildman–Crippen MR) is 215 cm³/mol. The van der Waals surface area contributed by atoms with Gasteiger partial charge in [-0.3, -0.25) is 0 Å². The van der Waals surface area contributed by atoms with Gasteiger partial charge in [0.15, 0.2) is 62.7 Å². The summed E-state index contributed by atoms with van der Waals surface area (Å²) in [4.78, 5) is 41.3. The third kappa shape index (κ3) is 5.81. The fraction of sp³-hybridized carbons (Fsp3) is 0.475. The maximum Gasteiger partial charge on any atom is 0.343 e. The highest BCUT2D eigenvalue weighted by Crippen LogP contribution is 2.73. The first-order valence-electron chi connectivity index (χ1n) is 18.4. The molecule has 0 spiro atoms. The number of ether oxygens (including phenoxy) is 8. The van der Waals surface area contributed by atoms with Crippen molar-refractivity contribution in [2.24, 2.45) is 0 Å². The number of fused-ring (bicyclic) bond motifs is 6. The summed E-state index contributed by atoms with van der Waals surface area (Å²) in [6, 6.07) is 0. The molecule has 6 heterocycles. The molecule has 0 aliphatic carbocycles. The Hall–Kier alpha value is -4.17. The Bertz CT molecular complexity index is 2130. The van der Waals surface area contributed by atoms with Crippen LogP contribution in [0.2, 0.25) is 0 Å². The number of carbonyl (C=O) groups is 3. The first kappa shape index (κ1) is 40.2. The minimum atomic E-state index is -2.70. The Morgan fingerprint density at radius 1 is 0.390 bits per heavy atom. The number of carboxylic acid groups (broad SMARTS) is 3. The second-order valence-electron chi connectivity index (χ2n) is 17.4. The lowest BCUT2D eigenvalue weighted by molar-refractivity contribution is -0.0530. The number of aliphatic hydroxyl groups is 1. The van der Waals surface area contributed by atoms with E-state index in [-0.39, 0.29) is 68.2 Å². The molecule has 0 bridgehead atoms. The number of benzene rings is 3. The number of hydrogen-bond acceptors (Lipinski definition) is 16. The molecular formula is C40H40O15S4. The van der Waals surface area contributed by atoms with Gasteiger partial charge < -0.3 is 58.3 Å². The van der Waals surface area contributed by atoms with Gasteiger partial charge in [0.2, 0.25) is 23.1 Å². The van der Waals surface area contributed by atoms with Crippen LogP contribution in [0.1, 0.15) is 131 Å². The van der Waals surface area contributed by atoms with E-state index >= 15 is 0 Å². The Morgan fingerprint density at radius 3 is 0.881 bits per heavy atom. The van der Waals surface area contributed by atoms with Crippen LogP contribution in [0.4, 0.5) is 0 Å². The zero-order valence-electron chi connectivity index (χ0n) is 33.9. The van der Waals surface area contributed by atoms with Crippen molar-refractivity contribution in [3.8, 4) is 46.0 Å². The molecule has 314 valence electrons. The fourth-order valence-corrected chi connectivity index (χ4v) is 14.2. The van der Waals surface area contributed by atoms with Crippen LogP contribution in [0.15, 0.2) is 19.6 Å². The Kier molecular flexibility index (Phi) is 8.05. The molecule has 15 nitrogen and oxygen atoms in total. The molecule has 59 heavy (non-hydrogen) atoms. The van der Waals surface area contributed by atoms with Crippen LogP contribution in [0.5, 0.6) is 46.0 Å². The lowest BCUT2D eigenvalue weighted by Crippen LogP contribution is -2.36. The van der Waals surface area contributed by atoms with E-state index in [1.54, 1.807) is 55.4 Å². The van der Waals surface area contributed by atoms with Crippen molar-refractivity contribution in [1.29, 1.82) is 0 Å². The van der Waals surface area contributed by atoms with E-state index in [9.17, 15) is 34.8 Å². The first-order valence-corrected chi connectivity index (χ1v) is 21.7. The summed E-state index contributed by atoms with van der Waals surface area (Å²) in [7, 11) is 0. The summed E-state index contributed by atoms with van der Waals surface area (Å²) >= 11 is 5.28. The van der Waals surface area contributed by atoms with E-state index in [4.69, 9.17) is 37.9 Å². The second-order valence-corrected chi connectivity index (χ2v) is 24.5. The van der Waals surface area contributed by atoms with Crippen molar-refractivity contribution in [1.82, 2.24) is 0 Å². The highest BCUT2D eigenvalue weighted by molar-refractivity contribution is 8.21. The third-order valence-electron chi connectivity index (χ3n) is 9.86. The van der Waals surface area contributed by atoms with E-state index in [0.717, 1.165) is 0 Å². The van der Waals surface area contributed by atoms with Gasteiger partial charge in [-0.15, -0.1) is 47.0 Å². The van der Waals surface area contributed by atoms with Gasteiger partial charge in [0.25, 0.3) is 0 Å². The van der Waals surface area contributed by atoms with Crippen molar-refractivity contribution in [2.45, 2.75) is 140 Å². The lowest BCUT2D eigenvalue weighted by Gasteiger charge is -2.36. The molecule has 3 aromatic rings. The van der Waals surface area contributed by atoms with Gasteiger partial charge in [-0.05, 0) is 27.7 Å². The number of hydrogen-bond donors (Lipinski definition) is 4. The van der Waals surface area contributed by atoms with Gasteiger partial charge >= 0.3 is 17.9 Å². The zero-order valence-corrected chi connectivity index (χ0v) is 37.2. The van der Waals surface area contributed by atoms with Gasteiger partial charge in [0.05, 0.1) is 24.8 Å². The molecule has 19 heteroatoms. The van der Waals surface area contributed by atoms with E-state index in [2.05, 4.69) is 0 Å². The smallest absolute Gasteiger partial charge is 0.343 e. The molecule has 0 unspecified atom stereocenters. The number of rotatable bonds is 6. The van der Waals surface area contributed by atoms with E-state index in [1.807, 2.05) is 27.7 Å². The molecule has 0 atom stereocenters. The number of carboxylic acids is 3. The van der Waals surface area contributed by atoms with Crippen LogP contribution in [0.25, 0.3) is 0 Å². The Balaban J connectivity index is 1.57. The molecule has 0 saturated carbocycles. The van der Waals surface area contributed by atoms with Crippen LogP contribution in [-0.4, -0.2) is 69.6 Å². The van der Waals surface area contributed by atoms with Crippen LogP contribution in [0, 0.1) is 0 Å². The van der Waals surface area contributed by atoms with Crippen molar-refractivity contribution >= 4 is 65.0 Å². The molecule has 4 N–H and O–H groups in total. The molecule has 0 radical (unpaired) electrons. The van der Waals surface area contributed by atoms with Crippen LogP contribution in [0.3, 0.4) is 0 Å². The SMILES string of the molecule is CC1(C)Oc2c(c(C(O)(c3c4c(c(C(=O)O)c5c3OC(C)(C)O5)OC(C)(C)O4)c3c4c(c(C(=O)O)c5c3SC(C)(C)S5)SC(C)(C)S4)c3c(c2C(=O)O)OC(C)(C)O3)O1. The highest BCUT2D eigenvalue weighted by atomic mass is 32.2. The normalized spacial score (nSPS) is 21.6. The van der Waals surface area contributed by atoms with Gasteiger partial charge in [0, 0.05) is 80.5 Å². The van der Waals surface area contributed by atoms with Crippen LogP contribution >= 0.6 is 47.0 Å². The predicted octanol–water partition coefficient (Wildman–Crippen LogP) is 8.96. The highest BCUT2D eigenvalue weighted by Gasteiger charge is 2.61. The van der Waals surface area contributed by atoms with Gasteiger partial charge in [-0.2, -0.15) is 0 Å². The fourth-order valence-electron chi connectivity index (χ4n) is 8.17. The second kappa shape index (κ2) is 11.8. The maximum atomic E-state index is 14.9. The summed E-state index contributed by atoms with van der Waals surface area (Å²) in [6.45, 7) is 20.2. The monoisotopic (exact) mass is 888 g/mol. The average molecular weight is 889 g/mol. The van der Waals surface area contributed by atoms with E-state index in [0.29, 0.717) is 19.6 Å². The van der Waals surface area contributed by atoms with Crippen molar-refractivity contribution in [3.63, 3.8) is 0 Å². The van der Waals surface area contributed by atoms with Crippen molar-refractivity contribution in [3.05, 3.63) is 33.4 Å². The number of thioether (sulfide) groups is 4. The van der Waals surface area contributed by atoms with Crippen molar-refractivity contribution < 1.29 is 72.7 Å². The minimum Gasteiger partial charge on any atom is -0.478 e. The summed E-state index contributed by atoms with van der Waals surface area (Å²) in [5, 5.41) is 47.3. The zero-order chi connectivity index (χ0) is 43.1.